The van der Waals surface area contributed by atoms with Crippen molar-refractivity contribution in [2.75, 3.05) is 0 Å². The zero-order valence-electron chi connectivity index (χ0n) is 9.44. The SMILES string of the molecule is C#CCC(NS(=O)(=O)NC(C)(C)C)C(=O)O. The van der Waals surface area contributed by atoms with E-state index in [1.807, 2.05) is 4.72 Å². The molecule has 0 aliphatic heterocycles. The van der Waals surface area contributed by atoms with Gasteiger partial charge in [0.2, 0.25) is 0 Å². The van der Waals surface area contributed by atoms with Crippen molar-refractivity contribution < 1.29 is 18.3 Å². The Labute approximate surface area is 95.6 Å². The maximum absolute atomic E-state index is 11.5. The molecule has 16 heavy (non-hydrogen) atoms. The van der Waals surface area contributed by atoms with E-state index in [-0.39, 0.29) is 6.42 Å². The summed E-state index contributed by atoms with van der Waals surface area (Å²) in [4.78, 5) is 10.7. The van der Waals surface area contributed by atoms with E-state index in [0.717, 1.165) is 0 Å². The van der Waals surface area contributed by atoms with E-state index in [1.165, 1.54) is 0 Å². The molecular weight excluding hydrogens is 232 g/mol. The van der Waals surface area contributed by atoms with Crippen LogP contribution < -0.4 is 9.44 Å². The number of terminal acetylenes is 1. The molecule has 0 aromatic carbocycles. The number of hydrogen-bond donors (Lipinski definition) is 3. The Morgan fingerprint density at radius 3 is 2.31 bits per heavy atom. The topological polar surface area (TPSA) is 95.5 Å². The van der Waals surface area contributed by atoms with E-state index >= 15 is 0 Å². The lowest BCUT2D eigenvalue weighted by Gasteiger charge is -2.22. The Hall–Kier alpha value is -1.10. The first-order chi connectivity index (χ1) is 7.07. The van der Waals surface area contributed by atoms with E-state index < -0.39 is 27.8 Å². The standard InChI is InChI=1S/C9H16N2O4S/c1-5-6-7(8(12)13)10-16(14,15)11-9(2,3)4/h1,7,10-11H,6H2,2-4H3,(H,12,13). The second-order valence-electron chi connectivity index (χ2n) is 4.27. The van der Waals surface area contributed by atoms with Gasteiger partial charge in [-0.25, -0.2) is 0 Å². The van der Waals surface area contributed by atoms with Gasteiger partial charge >= 0.3 is 5.97 Å². The summed E-state index contributed by atoms with van der Waals surface area (Å²) in [7, 11) is -3.88. The van der Waals surface area contributed by atoms with Crippen molar-refractivity contribution in [3.63, 3.8) is 0 Å². The fourth-order valence-electron chi connectivity index (χ4n) is 0.917. The van der Waals surface area contributed by atoms with Gasteiger partial charge in [0.05, 0.1) is 0 Å². The number of hydrogen-bond acceptors (Lipinski definition) is 3. The van der Waals surface area contributed by atoms with Crippen molar-refractivity contribution in [2.24, 2.45) is 0 Å². The summed E-state index contributed by atoms with van der Waals surface area (Å²) in [5, 5.41) is 8.72. The Bertz CT molecular complexity index is 389. The van der Waals surface area contributed by atoms with Crippen LogP contribution >= 0.6 is 0 Å². The van der Waals surface area contributed by atoms with Crippen LogP contribution in [0.25, 0.3) is 0 Å². The largest absolute Gasteiger partial charge is 0.480 e. The van der Waals surface area contributed by atoms with Crippen LogP contribution in [-0.4, -0.2) is 31.1 Å². The fraction of sp³-hybridized carbons (Fsp3) is 0.667. The molecule has 0 radical (unpaired) electrons. The molecule has 92 valence electrons. The van der Waals surface area contributed by atoms with Crippen molar-refractivity contribution in [3.8, 4) is 12.3 Å². The highest BCUT2D eigenvalue weighted by Gasteiger charge is 2.26. The monoisotopic (exact) mass is 248 g/mol. The van der Waals surface area contributed by atoms with Crippen LogP contribution in [0.4, 0.5) is 0 Å². The quantitative estimate of drug-likeness (QED) is 0.581. The van der Waals surface area contributed by atoms with E-state index in [2.05, 4.69) is 10.6 Å². The Morgan fingerprint density at radius 1 is 1.50 bits per heavy atom. The summed E-state index contributed by atoms with van der Waals surface area (Å²) in [5.74, 6) is 0.791. The van der Waals surface area contributed by atoms with Gasteiger partial charge in [-0.3, -0.25) is 4.79 Å². The molecule has 1 atom stereocenters. The summed E-state index contributed by atoms with van der Waals surface area (Å²) >= 11 is 0. The number of rotatable bonds is 5. The van der Waals surface area contributed by atoms with Crippen molar-refractivity contribution >= 4 is 16.2 Å². The predicted octanol–water partition coefficient (Wildman–Crippen LogP) is -0.315. The highest BCUT2D eigenvalue weighted by molar-refractivity contribution is 7.87. The van der Waals surface area contributed by atoms with Crippen LogP contribution in [0.15, 0.2) is 0 Å². The third-order valence-electron chi connectivity index (χ3n) is 1.36. The van der Waals surface area contributed by atoms with Gasteiger partial charge in [-0.2, -0.15) is 17.9 Å². The maximum atomic E-state index is 11.5. The second kappa shape index (κ2) is 5.30. The minimum atomic E-state index is -3.88. The summed E-state index contributed by atoms with van der Waals surface area (Å²) in [5.41, 5.74) is -0.689. The smallest absolute Gasteiger partial charge is 0.322 e. The van der Waals surface area contributed by atoms with Crippen LogP contribution in [0.5, 0.6) is 0 Å². The van der Waals surface area contributed by atoms with E-state index in [1.54, 1.807) is 20.8 Å². The molecule has 0 bridgehead atoms. The van der Waals surface area contributed by atoms with E-state index in [0.29, 0.717) is 0 Å². The minimum Gasteiger partial charge on any atom is -0.480 e. The van der Waals surface area contributed by atoms with Crippen LogP contribution in [0.1, 0.15) is 27.2 Å². The van der Waals surface area contributed by atoms with Crippen LogP contribution in [-0.2, 0) is 15.0 Å². The van der Waals surface area contributed by atoms with Crippen molar-refractivity contribution in [2.45, 2.75) is 38.8 Å². The van der Waals surface area contributed by atoms with E-state index in [9.17, 15) is 13.2 Å². The van der Waals surface area contributed by atoms with Crippen molar-refractivity contribution in [3.05, 3.63) is 0 Å². The molecule has 0 amide bonds. The summed E-state index contributed by atoms with van der Waals surface area (Å²) < 4.78 is 27.2. The lowest BCUT2D eigenvalue weighted by atomic mass is 10.1. The van der Waals surface area contributed by atoms with Gasteiger partial charge in [0.15, 0.2) is 0 Å². The second-order valence-corrected chi connectivity index (χ2v) is 5.72. The molecule has 6 nitrogen and oxygen atoms in total. The number of carboxylic acids is 1. The highest BCUT2D eigenvalue weighted by Crippen LogP contribution is 2.02. The zero-order valence-corrected chi connectivity index (χ0v) is 10.3. The first-order valence-corrected chi connectivity index (χ1v) is 6.03. The molecule has 0 aromatic rings. The Kier molecular flexibility index (Phi) is 4.93. The van der Waals surface area contributed by atoms with Gasteiger partial charge in [0.1, 0.15) is 6.04 Å². The summed E-state index contributed by atoms with van der Waals surface area (Å²) in [6, 6.07) is -1.31. The Morgan fingerprint density at radius 2 is 2.00 bits per heavy atom. The van der Waals surface area contributed by atoms with Gasteiger partial charge in [-0.05, 0) is 20.8 Å². The normalized spacial score (nSPS) is 14.1. The predicted molar refractivity (Wildman–Crippen MR) is 59.8 cm³/mol. The van der Waals surface area contributed by atoms with Gasteiger partial charge in [-0.15, -0.1) is 12.3 Å². The average Bonchev–Trinajstić information content (AvgIpc) is 1.97. The number of aliphatic carboxylic acids is 1. The third kappa shape index (κ3) is 6.40. The molecular formula is C9H16N2O4S. The third-order valence-corrected chi connectivity index (χ3v) is 2.83. The molecule has 0 saturated carbocycles. The number of nitrogens with one attached hydrogen (secondary N) is 2. The lowest BCUT2D eigenvalue weighted by molar-refractivity contribution is -0.138. The van der Waals surface area contributed by atoms with Gasteiger partial charge < -0.3 is 5.11 Å². The van der Waals surface area contributed by atoms with Gasteiger partial charge in [0.25, 0.3) is 10.2 Å². The van der Waals surface area contributed by atoms with Crippen LogP contribution in [0.2, 0.25) is 0 Å². The molecule has 0 rings (SSSR count). The molecule has 0 aliphatic rings. The molecule has 0 heterocycles. The molecule has 0 fully saturated rings. The van der Waals surface area contributed by atoms with Crippen molar-refractivity contribution in [1.82, 2.24) is 9.44 Å². The maximum Gasteiger partial charge on any atom is 0.322 e. The van der Waals surface area contributed by atoms with Crippen LogP contribution in [0, 0.1) is 12.3 Å². The molecule has 0 aliphatic carbocycles. The summed E-state index contributed by atoms with van der Waals surface area (Å²) in [6.07, 6.45) is 4.74. The Balaban J connectivity index is 4.69. The number of carboxylic acid groups (broad SMARTS) is 1. The molecule has 7 heteroatoms. The first kappa shape index (κ1) is 14.9. The molecule has 3 N–H and O–H groups in total. The first-order valence-electron chi connectivity index (χ1n) is 4.55. The molecule has 1 unspecified atom stereocenters. The minimum absolute atomic E-state index is 0.208. The lowest BCUT2D eigenvalue weighted by Crippen LogP contribution is -2.51. The highest BCUT2D eigenvalue weighted by atomic mass is 32.2. The number of carbonyl (C=O) groups is 1. The fourth-order valence-corrected chi connectivity index (χ4v) is 2.34. The van der Waals surface area contributed by atoms with E-state index in [4.69, 9.17) is 11.5 Å². The zero-order chi connectivity index (χ0) is 13.0. The van der Waals surface area contributed by atoms with Gasteiger partial charge in [-0.1, -0.05) is 0 Å². The van der Waals surface area contributed by atoms with Gasteiger partial charge in [0, 0.05) is 12.0 Å². The summed E-state index contributed by atoms with van der Waals surface area (Å²) in [6.45, 7) is 4.93. The molecule has 0 saturated heterocycles. The average molecular weight is 248 g/mol. The molecule has 0 aromatic heterocycles. The van der Waals surface area contributed by atoms with Crippen molar-refractivity contribution in [1.29, 1.82) is 0 Å². The molecule has 0 spiro atoms. The van der Waals surface area contributed by atoms with Crippen LogP contribution in [0.3, 0.4) is 0 Å².